The molecule has 2 aromatic heterocycles. The van der Waals surface area contributed by atoms with Crippen molar-refractivity contribution in [1.82, 2.24) is 20.0 Å². The summed E-state index contributed by atoms with van der Waals surface area (Å²) >= 11 is 0. The first-order valence-corrected chi connectivity index (χ1v) is 8.25. The molecule has 0 fully saturated rings. The molecule has 5 nitrogen and oxygen atoms in total. The number of fused-ring (bicyclic) bond motifs is 1. The summed E-state index contributed by atoms with van der Waals surface area (Å²) in [4.78, 5) is 0. The molecule has 1 aromatic carbocycles. The van der Waals surface area contributed by atoms with Gasteiger partial charge in [0.2, 0.25) is 0 Å². The highest BCUT2D eigenvalue weighted by Gasteiger charge is 2.36. The van der Waals surface area contributed by atoms with Crippen LogP contribution in [0.4, 0.5) is 5.82 Å². The molecule has 3 aromatic rings. The second kappa shape index (κ2) is 5.44. The van der Waals surface area contributed by atoms with Crippen LogP contribution >= 0.6 is 0 Å². The first-order valence-electron chi connectivity index (χ1n) is 8.25. The van der Waals surface area contributed by atoms with E-state index >= 15 is 0 Å². The quantitative estimate of drug-likeness (QED) is 0.797. The van der Waals surface area contributed by atoms with E-state index < -0.39 is 0 Å². The van der Waals surface area contributed by atoms with Gasteiger partial charge in [0, 0.05) is 6.20 Å². The van der Waals surface area contributed by atoms with Crippen molar-refractivity contribution >= 4 is 5.82 Å². The topological polar surface area (TPSA) is 55.6 Å². The van der Waals surface area contributed by atoms with E-state index in [4.69, 9.17) is 0 Å². The van der Waals surface area contributed by atoms with Crippen LogP contribution in [0.3, 0.4) is 0 Å². The Kier molecular flexibility index (Phi) is 3.37. The minimum Gasteiger partial charge on any atom is -0.362 e. The Bertz CT molecular complexity index is 863. The third kappa shape index (κ3) is 2.56. The van der Waals surface area contributed by atoms with E-state index in [1.165, 1.54) is 11.1 Å². The molecule has 1 atom stereocenters. The Balaban J connectivity index is 1.56. The maximum absolute atomic E-state index is 4.36. The Hall–Kier alpha value is -2.69. The van der Waals surface area contributed by atoms with Crippen LogP contribution in [0.2, 0.25) is 0 Å². The third-order valence-electron chi connectivity index (χ3n) is 4.71. The molecular formula is C19H21N5. The maximum atomic E-state index is 4.36. The van der Waals surface area contributed by atoms with E-state index in [1.807, 2.05) is 31.3 Å². The molecule has 0 saturated carbocycles. The van der Waals surface area contributed by atoms with Crippen molar-refractivity contribution in [3.8, 4) is 5.82 Å². The second-order valence-electron chi connectivity index (χ2n) is 7.05. The molecule has 2 heterocycles. The van der Waals surface area contributed by atoms with Crippen LogP contribution in [-0.2, 0) is 5.41 Å². The average molecular weight is 319 g/mol. The lowest BCUT2D eigenvalue weighted by molar-refractivity contribution is 0.493. The third-order valence-corrected chi connectivity index (χ3v) is 4.71. The summed E-state index contributed by atoms with van der Waals surface area (Å²) in [6, 6.07) is 14.8. The summed E-state index contributed by atoms with van der Waals surface area (Å²) in [5.41, 5.74) is 3.91. The van der Waals surface area contributed by atoms with Gasteiger partial charge in [-0.05, 0) is 48.1 Å². The molecule has 0 aliphatic heterocycles. The van der Waals surface area contributed by atoms with Gasteiger partial charge in [-0.2, -0.15) is 5.10 Å². The van der Waals surface area contributed by atoms with E-state index in [0.717, 1.165) is 23.8 Å². The van der Waals surface area contributed by atoms with E-state index in [9.17, 15) is 0 Å². The van der Waals surface area contributed by atoms with Gasteiger partial charge in [-0.25, -0.2) is 4.68 Å². The van der Waals surface area contributed by atoms with Gasteiger partial charge in [-0.1, -0.05) is 38.1 Å². The number of rotatable bonds is 3. The standard InChI is InChI=1S/C19H21N5/c1-13-10-11-24(23-13)18-9-8-17(21-22-18)20-16-12-19(2,3)15-7-5-4-6-14(15)16/h4-11,16H,12H2,1-3H3,(H,20,21). The summed E-state index contributed by atoms with van der Waals surface area (Å²) in [6.45, 7) is 6.55. The average Bonchev–Trinajstić information content (AvgIpc) is 3.11. The molecule has 1 aliphatic rings. The largest absolute Gasteiger partial charge is 0.362 e. The fourth-order valence-electron chi connectivity index (χ4n) is 3.52. The summed E-state index contributed by atoms with van der Waals surface area (Å²) in [6.07, 6.45) is 2.94. The van der Waals surface area contributed by atoms with Crippen molar-refractivity contribution in [2.24, 2.45) is 0 Å². The molecule has 4 rings (SSSR count). The number of aromatic nitrogens is 4. The van der Waals surface area contributed by atoms with Gasteiger partial charge in [-0.3, -0.25) is 0 Å². The Morgan fingerprint density at radius 3 is 2.62 bits per heavy atom. The highest BCUT2D eigenvalue weighted by atomic mass is 15.3. The molecule has 1 unspecified atom stereocenters. The molecule has 0 bridgehead atoms. The normalized spacial score (nSPS) is 18.4. The minimum absolute atomic E-state index is 0.175. The molecule has 1 N–H and O–H groups in total. The predicted octanol–water partition coefficient (Wildman–Crippen LogP) is 3.81. The molecule has 0 radical (unpaired) electrons. The Labute approximate surface area is 141 Å². The molecule has 122 valence electrons. The minimum atomic E-state index is 0.175. The van der Waals surface area contributed by atoms with Crippen LogP contribution in [0.15, 0.2) is 48.7 Å². The van der Waals surface area contributed by atoms with Crippen molar-refractivity contribution in [3.63, 3.8) is 0 Å². The lowest BCUT2D eigenvalue weighted by Crippen LogP contribution is -2.15. The van der Waals surface area contributed by atoms with Crippen LogP contribution in [0.5, 0.6) is 0 Å². The molecular weight excluding hydrogens is 298 g/mol. The van der Waals surface area contributed by atoms with E-state index in [0.29, 0.717) is 0 Å². The molecule has 0 spiro atoms. The van der Waals surface area contributed by atoms with E-state index in [2.05, 4.69) is 58.7 Å². The van der Waals surface area contributed by atoms with Crippen LogP contribution in [0.1, 0.15) is 43.1 Å². The summed E-state index contributed by atoms with van der Waals surface area (Å²) < 4.78 is 1.74. The van der Waals surface area contributed by atoms with Gasteiger partial charge < -0.3 is 5.32 Å². The summed E-state index contributed by atoms with van der Waals surface area (Å²) in [5.74, 6) is 1.51. The van der Waals surface area contributed by atoms with Gasteiger partial charge in [-0.15, -0.1) is 10.2 Å². The van der Waals surface area contributed by atoms with Crippen molar-refractivity contribution < 1.29 is 0 Å². The van der Waals surface area contributed by atoms with Crippen molar-refractivity contribution in [1.29, 1.82) is 0 Å². The lowest BCUT2D eigenvalue weighted by Gasteiger charge is -2.19. The first kappa shape index (κ1) is 14.9. The van der Waals surface area contributed by atoms with Gasteiger partial charge in [0.15, 0.2) is 5.82 Å². The van der Waals surface area contributed by atoms with Gasteiger partial charge in [0.05, 0.1) is 11.7 Å². The lowest BCUT2D eigenvalue weighted by atomic mass is 9.86. The summed E-state index contributed by atoms with van der Waals surface area (Å²) in [5, 5.41) is 16.5. The molecule has 0 saturated heterocycles. The molecule has 24 heavy (non-hydrogen) atoms. The van der Waals surface area contributed by atoms with E-state index in [-0.39, 0.29) is 11.5 Å². The zero-order valence-electron chi connectivity index (χ0n) is 14.2. The number of aryl methyl sites for hydroxylation is 1. The van der Waals surface area contributed by atoms with Crippen LogP contribution in [-0.4, -0.2) is 20.0 Å². The van der Waals surface area contributed by atoms with Gasteiger partial charge >= 0.3 is 0 Å². The monoisotopic (exact) mass is 319 g/mol. The molecule has 1 aliphatic carbocycles. The SMILES string of the molecule is Cc1ccn(-c2ccc(NC3CC(C)(C)c4ccccc43)nn2)n1. The molecule has 5 heteroatoms. The highest BCUT2D eigenvalue weighted by molar-refractivity contribution is 5.47. The second-order valence-corrected chi connectivity index (χ2v) is 7.05. The zero-order valence-corrected chi connectivity index (χ0v) is 14.2. The number of benzene rings is 1. The Morgan fingerprint density at radius 2 is 1.92 bits per heavy atom. The first-order chi connectivity index (χ1) is 11.5. The van der Waals surface area contributed by atoms with Crippen molar-refractivity contribution in [3.05, 3.63) is 65.5 Å². The van der Waals surface area contributed by atoms with Crippen LogP contribution in [0, 0.1) is 6.92 Å². The number of hydrogen-bond donors (Lipinski definition) is 1. The van der Waals surface area contributed by atoms with Gasteiger partial charge in [0.1, 0.15) is 5.82 Å². The van der Waals surface area contributed by atoms with E-state index in [1.54, 1.807) is 4.68 Å². The molecule has 0 amide bonds. The zero-order chi connectivity index (χ0) is 16.7. The predicted molar refractivity (Wildman–Crippen MR) is 94.3 cm³/mol. The van der Waals surface area contributed by atoms with Crippen molar-refractivity contribution in [2.45, 2.75) is 38.6 Å². The number of hydrogen-bond acceptors (Lipinski definition) is 4. The van der Waals surface area contributed by atoms with Crippen LogP contribution < -0.4 is 5.32 Å². The van der Waals surface area contributed by atoms with Crippen LogP contribution in [0.25, 0.3) is 5.82 Å². The Morgan fingerprint density at radius 1 is 1.08 bits per heavy atom. The fraction of sp³-hybridized carbons (Fsp3) is 0.316. The van der Waals surface area contributed by atoms with Gasteiger partial charge in [0.25, 0.3) is 0 Å². The number of nitrogens with one attached hydrogen (secondary N) is 1. The fourth-order valence-corrected chi connectivity index (χ4v) is 3.52. The number of nitrogens with zero attached hydrogens (tertiary/aromatic N) is 4. The maximum Gasteiger partial charge on any atom is 0.175 e. The van der Waals surface area contributed by atoms with Crippen molar-refractivity contribution in [2.75, 3.05) is 5.32 Å². The summed E-state index contributed by atoms with van der Waals surface area (Å²) in [7, 11) is 0. The number of anilines is 1. The highest BCUT2D eigenvalue weighted by Crippen LogP contribution is 2.45. The smallest absolute Gasteiger partial charge is 0.175 e.